The standard InChI is InChI=1S/C18H22O4/c1-5-13-12-10-11(4)8-9-14(12)18(15(19)20,16(21)22)17(13,6-2)7-3/h5,8-10,13H,1,6-7H2,2-4H3,(H,19,20)(H,21,22). The van der Waals surface area contributed by atoms with Gasteiger partial charge in [-0.05, 0) is 30.9 Å². The Bertz CT molecular complexity index is 626. The summed E-state index contributed by atoms with van der Waals surface area (Å²) in [5, 5.41) is 19.9. The number of carboxylic acid groups (broad SMARTS) is 2. The highest BCUT2D eigenvalue weighted by Gasteiger charge is 2.69. The minimum absolute atomic E-state index is 0.287. The molecule has 0 aromatic heterocycles. The van der Waals surface area contributed by atoms with Crippen LogP contribution in [0.5, 0.6) is 0 Å². The van der Waals surface area contributed by atoms with Crippen LogP contribution in [0.2, 0.25) is 0 Å². The van der Waals surface area contributed by atoms with E-state index >= 15 is 0 Å². The van der Waals surface area contributed by atoms with Crippen molar-refractivity contribution in [2.24, 2.45) is 5.41 Å². The third kappa shape index (κ3) is 1.64. The minimum atomic E-state index is -1.93. The van der Waals surface area contributed by atoms with Crippen molar-refractivity contribution in [2.45, 2.75) is 44.9 Å². The first kappa shape index (κ1) is 16.3. The van der Waals surface area contributed by atoms with Gasteiger partial charge in [-0.25, -0.2) is 0 Å². The predicted octanol–water partition coefficient (Wildman–Crippen LogP) is 3.49. The number of rotatable bonds is 5. The summed E-state index contributed by atoms with van der Waals surface area (Å²) in [5.41, 5.74) is -0.686. The molecule has 118 valence electrons. The van der Waals surface area contributed by atoms with Crippen LogP contribution in [0.15, 0.2) is 30.9 Å². The Hall–Kier alpha value is -2.10. The number of aliphatic carboxylic acids is 2. The predicted molar refractivity (Wildman–Crippen MR) is 84.1 cm³/mol. The number of carbonyl (C=O) groups is 2. The highest BCUT2D eigenvalue weighted by molar-refractivity contribution is 6.07. The highest BCUT2D eigenvalue weighted by Crippen LogP contribution is 2.63. The van der Waals surface area contributed by atoms with Gasteiger partial charge < -0.3 is 10.2 Å². The normalized spacial score (nSPS) is 21.1. The molecular weight excluding hydrogens is 280 g/mol. The topological polar surface area (TPSA) is 74.6 Å². The second-order valence-electron chi connectivity index (χ2n) is 6.03. The fraction of sp³-hybridized carbons (Fsp3) is 0.444. The van der Waals surface area contributed by atoms with Crippen LogP contribution in [-0.2, 0) is 15.0 Å². The summed E-state index contributed by atoms with van der Waals surface area (Å²) in [6.45, 7) is 9.50. The molecule has 1 aromatic carbocycles. The van der Waals surface area contributed by atoms with E-state index in [1.807, 2.05) is 26.8 Å². The van der Waals surface area contributed by atoms with Crippen LogP contribution < -0.4 is 0 Å². The SMILES string of the molecule is C=CC1c2cc(C)ccc2C(C(=O)O)(C(=O)O)C1(CC)CC. The van der Waals surface area contributed by atoms with E-state index in [2.05, 4.69) is 6.58 Å². The number of aryl methyl sites for hydroxylation is 1. The van der Waals surface area contributed by atoms with Gasteiger partial charge in [-0.2, -0.15) is 0 Å². The summed E-state index contributed by atoms with van der Waals surface area (Å²) in [6, 6.07) is 5.34. The van der Waals surface area contributed by atoms with Gasteiger partial charge in [0, 0.05) is 11.3 Å². The van der Waals surface area contributed by atoms with E-state index in [0.29, 0.717) is 18.4 Å². The van der Waals surface area contributed by atoms with Crippen molar-refractivity contribution in [2.75, 3.05) is 0 Å². The van der Waals surface area contributed by atoms with E-state index < -0.39 is 22.8 Å². The molecule has 22 heavy (non-hydrogen) atoms. The zero-order valence-electron chi connectivity index (χ0n) is 13.2. The molecule has 0 fully saturated rings. The van der Waals surface area contributed by atoms with Gasteiger partial charge in [0.05, 0.1) is 0 Å². The lowest BCUT2D eigenvalue weighted by Gasteiger charge is -2.42. The molecule has 1 aliphatic carbocycles. The first-order chi connectivity index (χ1) is 10.3. The van der Waals surface area contributed by atoms with Crippen molar-refractivity contribution < 1.29 is 19.8 Å². The van der Waals surface area contributed by atoms with Crippen molar-refractivity contribution in [3.05, 3.63) is 47.5 Å². The monoisotopic (exact) mass is 302 g/mol. The quantitative estimate of drug-likeness (QED) is 0.645. The van der Waals surface area contributed by atoms with Gasteiger partial charge in [-0.1, -0.05) is 43.7 Å². The average Bonchev–Trinajstić information content (AvgIpc) is 2.73. The van der Waals surface area contributed by atoms with Crippen molar-refractivity contribution in [3.63, 3.8) is 0 Å². The number of carboxylic acids is 2. The minimum Gasteiger partial charge on any atom is -0.480 e. The Balaban J connectivity index is 2.98. The van der Waals surface area contributed by atoms with Gasteiger partial charge in [0.25, 0.3) is 0 Å². The fourth-order valence-corrected chi connectivity index (χ4v) is 4.40. The molecule has 0 saturated carbocycles. The first-order valence-electron chi connectivity index (χ1n) is 7.53. The molecule has 1 atom stereocenters. The van der Waals surface area contributed by atoms with E-state index in [-0.39, 0.29) is 5.92 Å². The van der Waals surface area contributed by atoms with E-state index in [1.54, 1.807) is 18.2 Å². The molecule has 0 radical (unpaired) electrons. The first-order valence-corrected chi connectivity index (χ1v) is 7.53. The molecule has 1 unspecified atom stereocenters. The maximum absolute atomic E-state index is 12.2. The summed E-state index contributed by atoms with van der Waals surface area (Å²) >= 11 is 0. The van der Waals surface area contributed by atoms with Crippen molar-refractivity contribution in [3.8, 4) is 0 Å². The van der Waals surface area contributed by atoms with Gasteiger partial charge in [0.15, 0.2) is 5.41 Å². The largest absolute Gasteiger partial charge is 0.480 e. The van der Waals surface area contributed by atoms with E-state index in [0.717, 1.165) is 11.1 Å². The van der Waals surface area contributed by atoms with Gasteiger partial charge in [-0.15, -0.1) is 6.58 Å². The molecule has 2 N–H and O–H groups in total. The van der Waals surface area contributed by atoms with Crippen LogP contribution in [0.25, 0.3) is 0 Å². The van der Waals surface area contributed by atoms with Gasteiger partial charge in [0.1, 0.15) is 0 Å². The number of allylic oxidation sites excluding steroid dienone is 1. The summed E-state index contributed by atoms with van der Waals surface area (Å²) in [6.07, 6.45) is 2.61. The number of hydrogen-bond acceptors (Lipinski definition) is 2. The van der Waals surface area contributed by atoms with Crippen LogP contribution in [0.1, 0.15) is 49.3 Å². The summed E-state index contributed by atoms with van der Waals surface area (Å²) in [5.74, 6) is -2.87. The van der Waals surface area contributed by atoms with Crippen LogP contribution in [-0.4, -0.2) is 22.2 Å². The Labute approximate surface area is 130 Å². The molecule has 4 nitrogen and oxygen atoms in total. The van der Waals surface area contributed by atoms with Crippen LogP contribution in [0.3, 0.4) is 0 Å². The molecule has 0 saturated heterocycles. The van der Waals surface area contributed by atoms with E-state index in [4.69, 9.17) is 0 Å². The molecule has 0 spiro atoms. The summed E-state index contributed by atoms with van der Waals surface area (Å²) in [7, 11) is 0. The summed E-state index contributed by atoms with van der Waals surface area (Å²) < 4.78 is 0. The molecule has 1 aliphatic rings. The van der Waals surface area contributed by atoms with Gasteiger partial charge >= 0.3 is 11.9 Å². The Morgan fingerprint density at radius 3 is 2.18 bits per heavy atom. The fourth-order valence-electron chi connectivity index (χ4n) is 4.40. The van der Waals surface area contributed by atoms with E-state index in [1.165, 1.54) is 0 Å². The second kappa shape index (κ2) is 5.27. The van der Waals surface area contributed by atoms with Gasteiger partial charge in [0.2, 0.25) is 0 Å². The van der Waals surface area contributed by atoms with E-state index in [9.17, 15) is 19.8 Å². The molecule has 2 rings (SSSR count). The average molecular weight is 302 g/mol. The number of fused-ring (bicyclic) bond motifs is 1. The lowest BCUT2D eigenvalue weighted by molar-refractivity contribution is -0.166. The van der Waals surface area contributed by atoms with Crippen LogP contribution in [0.4, 0.5) is 0 Å². The Kier molecular flexibility index (Phi) is 3.90. The number of hydrogen-bond donors (Lipinski definition) is 2. The molecule has 4 heteroatoms. The smallest absolute Gasteiger partial charge is 0.326 e. The molecule has 0 amide bonds. The lowest BCUT2D eigenvalue weighted by atomic mass is 9.57. The molecule has 0 heterocycles. The van der Waals surface area contributed by atoms with Crippen molar-refractivity contribution >= 4 is 11.9 Å². The number of benzene rings is 1. The molecule has 0 bridgehead atoms. The Morgan fingerprint density at radius 2 is 1.77 bits per heavy atom. The van der Waals surface area contributed by atoms with Crippen LogP contribution >= 0.6 is 0 Å². The third-order valence-electron chi connectivity index (χ3n) is 5.43. The maximum atomic E-state index is 12.2. The van der Waals surface area contributed by atoms with Crippen molar-refractivity contribution in [1.82, 2.24) is 0 Å². The third-order valence-corrected chi connectivity index (χ3v) is 5.43. The van der Waals surface area contributed by atoms with Gasteiger partial charge in [-0.3, -0.25) is 9.59 Å². The molecule has 1 aromatic rings. The van der Waals surface area contributed by atoms with Crippen molar-refractivity contribution in [1.29, 1.82) is 0 Å². The lowest BCUT2D eigenvalue weighted by Crippen LogP contribution is -2.55. The zero-order valence-corrected chi connectivity index (χ0v) is 13.2. The Morgan fingerprint density at radius 1 is 1.23 bits per heavy atom. The maximum Gasteiger partial charge on any atom is 0.326 e. The zero-order chi connectivity index (χ0) is 16.7. The highest BCUT2D eigenvalue weighted by atomic mass is 16.4. The molecular formula is C18H22O4. The molecule has 0 aliphatic heterocycles. The second-order valence-corrected chi connectivity index (χ2v) is 6.03. The van der Waals surface area contributed by atoms with Crippen LogP contribution in [0, 0.1) is 12.3 Å². The summed E-state index contributed by atoms with van der Waals surface area (Å²) in [4.78, 5) is 24.4.